The van der Waals surface area contributed by atoms with Gasteiger partial charge in [0.1, 0.15) is 12.2 Å². The largest absolute Gasteiger partial charge is 0.394 e. The van der Waals surface area contributed by atoms with Gasteiger partial charge in [-0.3, -0.25) is 4.79 Å². The molecule has 0 bridgehead atoms. The molecule has 5 N–H and O–H groups in total. The number of rotatable bonds is 51. The molecule has 0 aromatic carbocycles. The molecular weight excluding hydrogens is 755 g/mol. The fraction of sp³-hybridized carbons (Fsp3) is 0.945. The van der Waals surface area contributed by atoms with Crippen molar-refractivity contribution in [1.82, 2.24) is 5.32 Å². The fourth-order valence-corrected chi connectivity index (χ4v) is 8.87. The van der Waals surface area contributed by atoms with Crippen LogP contribution in [0.4, 0.5) is 0 Å². The molecule has 4 unspecified atom stereocenters. The van der Waals surface area contributed by atoms with Gasteiger partial charge >= 0.3 is 0 Å². The Morgan fingerprint density at radius 2 is 0.656 bits per heavy atom. The lowest BCUT2D eigenvalue weighted by molar-refractivity contribution is -0.132. The van der Waals surface area contributed by atoms with Gasteiger partial charge in [0.2, 0.25) is 5.91 Å². The molecule has 6 nitrogen and oxygen atoms in total. The second-order valence-corrected chi connectivity index (χ2v) is 19.3. The van der Waals surface area contributed by atoms with Crippen LogP contribution in [0.25, 0.3) is 0 Å². The minimum Gasteiger partial charge on any atom is -0.394 e. The molecule has 1 amide bonds. The van der Waals surface area contributed by atoms with Crippen LogP contribution in [0.2, 0.25) is 0 Å². The van der Waals surface area contributed by atoms with E-state index in [4.69, 9.17) is 0 Å². The van der Waals surface area contributed by atoms with E-state index < -0.39 is 36.9 Å². The summed E-state index contributed by atoms with van der Waals surface area (Å²) >= 11 is 0. The van der Waals surface area contributed by atoms with Gasteiger partial charge in [-0.15, -0.1) is 0 Å². The van der Waals surface area contributed by atoms with Crippen molar-refractivity contribution in [3.05, 3.63) is 12.2 Å². The monoisotopic (exact) mass is 864 g/mol. The van der Waals surface area contributed by atoms with Crippen LogP contribution in [-0.4, -0.2) is 57.3 Å². The summed E-state index contributed by atoms with van der Waals surface area (Å²) in [5, 5.41) is 44.0. The van der Waals surface area contributed by atoms with E-state index in [0.717, 1.165) is 44.9 Å². The minimum absolute atomic E-state index is 0.365. The van der Waals surface area contributed by atoms with E-state index in [2.05, 4.69) is 31.3 Å². The summed E-state index contributed by atoms with van der Waals surface area (Å²) in [6.45, 7) is 4.08. The lowest BCUT2D eigenvalue weighted by atomic mass is 9.99. The van der Waals surface area contributed by atoms with Gasteiger partial charge in [0.15, 0.2) is 0 Å². The zero-order valence-corrected chi connectivity index (χ0v) is 41.2. The Morgan fingerprint density at radius 1 is 0.393 bits per heavy atom. The van der Waals surface area contributed by atoms with Crippen LogP contribution in [0.3, 0.4) is 0 Å². The molecule has 0 aliphatic heterocycles. The van der Waals surface area contributed by atoms with Crippen LogP contribution < -0.4 is 5.32 Å². The van der Waals surface area contributed by atoms with Gasteiger partial charge in [-0.2, -0.15) is 0 Å². The quantitative estimate of drug-likeness (QED) is 0.0309. The Kier molecular flexibility index (Phi) is 49.3. The maximum Gasteiger partial charge on any atom is 0.249 e. The molecular formula is C55H109NO5. The predicted octanol–water partition coefficient (Wildman–Crippen LogP) is 15.7. The maximum atomic E-state index is 12.6. The molecule has 0 spiro atoms. The van der Waals surface area contributed by atoms with Crippen molar-refractivity contribution in [2.24, 2.45) is 0 Å². The zero-order valence-electron chi connectivity index (χ0n) is 41.2. The molecule has 6 heteroatoms. The van der Waals surface area contributed by atoms with E-state index >= 15 is 0 Å². The van der Waals surface area contributed by atoms with Gasteiger partial charge in [-0.05, 0) is 38.5 Å². The minimum atomic E-state index is -1.26. The van der Waals surface area contributed by atoms with Gasteiger partial charge in [0.25, 0.3) is 0 Å². The highest BCUT2D eigenvalue weighted by atomic mass is 16.3. The molecule has 0 radical (unpaired) electrons. The summed E-state index contributed by atoms with van der Waals surface area (Å²) in [7, 11) is 0. The standard InChI is InChI=1S/C55H109NO5/c1-3-5-7-9-11-13-15-17-19-21-23-24-25-26-27-28-29-30-31-33-34-36-38-40-42-44-46-48-52(58)54(60)51(50-57)56-55(61)53(59)49-47-45-43-41-39-37-35-32-22-20-18-16-14-12-10-8-6-4-2/h22,32,51-54,57-60H,3-21,23-31,33-50H2,1-2H3,(H,56,61)/b32-22-. The number of hydrogen-bond acceptors (Lipinski definition) is 5. The SMILES string of the molecule is CCCCCCCCCC/C=C\CCCCCCCCC(O)C(=O)NC(CO)C(O)C(O)CCCCCCCCCCCCCCCCCCCCCCCCCCCCC. The van der Waals surface area contributed by atoms with Crippen LogP contribution in [0.15, 0.2) is 12.2 Å². The highest BCUT2D eigenvalue weighted by molar-refractivity contribution is 5.80. The molecule has 61 heavy (non-hydrogen) atoms. The fourth-order valence-electron chi connectivity index (χ4n) is 8.87. The number of amides is 1. The second-order valence-electron chi connectivity index (χ2n) is 19.3. The molecule has 0 aromatic rings. The molecule has 0 fully saturated rings. The first-order valence-corrected chi connectivity index (χ1v) is 27.6. The molecule has 0 saturated heterocycles. The molecule has 4 atom stereocenters. The Balaban J connectivity index is 3.60. The Labute approximate surface area is 381 Å². The van der Waals surface area contributed by atoms with E-state index in [1.165, 1.54) is 231 Å². The first kappa shape index (κ1) is 60.1. The molecule has 364 valence electrons. The van der Waals surface area contributed by atoms with Crippen LogP contribution >= 0.6 is 0 Å². The lowest BCUT2D eigenvalue weighted by Gasteiger charge is -2.27. The average Bonchev–Trinajstić information content (AvgIpc) is 3.26. The summed E-state index contributed by atoms with van der Waals surface area (Å²) in [5.74, 6) is -0.584. The van der Waals surface area contributed by atoms with Crippen molar-refractivity contribution >= 4 is 5.91 Å². The number of unbranched alkanes of at least 4 members (excludes halogenated alkanes) is 40. The van der Waals surface area contributed by atoms with E-state index in [-0.39, 0.29) is 0 Å². The molecule has 0 aliphatic rings. The third-order valence-electron chi connectivity index (χ3n) is 13.2. The molecule has 0 aliphatic carbocycles. The van der Waals surface area contributed by atoms with Crippen molar-refractivity contribution in [3.8, 4) is 0 Å². The number of aliphatic hydroxyl groups is 4. The van der Waals surface area contributed by atoms with Crippen molar-refractivity contribution in [1.29, 1.82) is 0 Å². The van der Waals surface area contributed by atoms with Crippen LogP contribution in [0.5, 0.6) is 0 Å². The molecule has 0 rings (SSSR count). The number of carbonyl (C=O) groups is 1. The van der Waals surface area contributed by atoms with Gasteiger partial charge in [-0.1, -0.05) is 276 Å². The summed E-state index contributed by atoms with van der Waals surface area (Å²) in [6.07, 6.45) is 58.5. The average molecular weight is 864 g/mol. The zero-order chi connectivity index (χ0) is 44.5. The van der Waals surface area contributed by atoms with Crippen molar-refractivity contribution in [2.45, 2.75) is 327 Å². The topological polar surface area (TPSA) is 110 Å². The first-order valence-electron chi connectivity index (χ1n) is 27.6. The van der Waals surface area contributed by atoms with Crippen molar-refractivity contribution < 1.29 is 25.2 Å². The maximum absolute atomic E-state index is 12.6. The number of carbonyl (C=O) groups excluding carboxylic acids is 1. The summed E-state index contributed by atoms with van der Waals surface area (Å²) in [4.78, 5) is 12.6. The number of aliphatic hydroxyl groups excluding tert-OH is 4. The second kappa shape index (κ2) is 50.1. The molecule has 0 aromatic heterocycles. The summed E-state index contributed by atoms with van der Waals surface area (Å²) in [5.41, 5.74) is 0. The first-order chi connectivity index (χ1) is 30.0. The van der Waals surface area contributed by atoms with Gasteiger partial charge in [0.05, 0.1) is 18.8 Å². The van der Waals surface area contributed by atoms with Gasteiger partial charge in [-0.25, -0.2) is 0 Å². The third-order valence-corrected chi connectivity index (χ3v) is 13.2. The number of allylic oxidation sites excluding steroid dienone is 2. The highest BCUT2D eigenvalue weighted by Crippen LogP contribution is 2.18. The Morgan fingerprint density at radius 3 is 0.951 bits per heavy atom. The summed E-state index contributed by atoms with van der Waals surface area (Å²) < 4.78 is 0. The number of hydrogen-bond donors (Lipinski definition) is 5. The summed E-state index contributed by atoms with van der Waals surface area (Å²) in [6, 6.07) is -0.986. The Bertz CT molecular complexity index is 882. The predicted molar refractivity (Wildman–Crippen MR) is 265 cm³/mol. The molecule has 0 saturated carbocycles. The lowest BCUT2D eigenvalue weighted by Crippen LogP contribution is -2.53. The molecule has 0 heterocycles. The van der Waals surface area contributed by atoms with E-state index in [9.17, 15) is 25.2 Å². The van der Waals surface area contributed by atoms with E-state index in [1.807, 2.05) is 0 Å². The van der Waals surface area contributed by atoms with Gasteiger partial charge < -0.3 is 25.7 Å². The Hall–Kier alpha value is -0.950. The van der Waals surface area contributed by atoms with E-state index in [0.29, 0.717) is 12.8 Å². The van der Waals surface area contributed by atoms with E-state index in [1.54, 1.807) is 0 Å². The van der Waals surface area contributed by atoms with Crippen LogP contribution in [0.1, 0.15) is 303 Å². The van der Waals surface area contributed by atoms with Crippen LogP contribution in [0, 0.1) is 0 Å². The normalized spacial score (nSPS) is 13.9. The third kappa shape index (κ3) is 44.1. The van der Waals surface area contributed by atoms with Crippen LogP contribution in [-0.2, 0) is 4.79 Å². The highest BCUT2D eigenvalue weighted by Gasteiger charge is 2.28. The van der Waals surface area contributed by atoms with Gasteiger partial charge in [0, 0.05) is 0 Å². The van der Waals surface area contributed by atoms with Crippen molar-refractivity contribution in [2.75, 3.05) is 6.61 Å². The smallest absolute Gasteiger partial charge is 0.249 e. The van der Waals surface area contributed by atoms with Crippen molar-refractivity contribution in [3.63, 3.8) is 0 Å². The number of nitrogens with one attached hydrogen (secondary N) is 1.